The van der Waals surface area contributed by atoms with E-state index >= 15 is 0 Å². The molecule has 0 spiro atoms. The van der Waals surface area contributed by atoms with Gasteiger partial charge in [-0.1, -0.05) is 23.2 Å². The van der Waals surface area contributed by atoms with Crippen molar-refractivity contribution in [2.75, 3.05) is 14.2 Å². The number of hydrogen-bond donors (Lipinski definition) is 0. The molecule has 16 heavy (non-hydrogen) atoms. The summed E-state index contributed by atoms with van der Waals surface area (Å²) in [4.78, 5) is 20.1. The summed E-state index contributed by atoms with van der Waals surface area (Å²) < 4.78 is 0. The van der Waals surface area contributed by atoms with E-state index in [2.05, 4.69) is 4.98 Å². The molecule has 0 aliphatic carbocycles. The van der Waals surface area contributed by atoms with E-state index in [9.17, 15) is 4.79 Å². The summed E-state index contributed by atoms with van der Waals surface area (Å²) >= 11 is 11.5. The monoisotopic (exact) mass is 259 g/mol. The van der Waals surface area contributed by atoms with Crippen LogP contribution in [0.3, 0.4) is 0 Å². The summed E-state index contributed by atoms with van der Waals surface area (Å²) in [6, 6.07) is 3.05. The molecule has 1 aromatic heterocycles. The number of carbonyl (C=O) groups excluding carboxylic acids is 1. The highest BCUT2D eigenvalue weighted by Gasteiger charge is 2.18. The SMILES string of the molecule is CON(C)C(=O)c1cc(Cl)c(C#N)nc1Cl. The van der Waals surface area contributed by atoms with Crippen LogP contribution in [0.2, 0.25) is 10.2 Å². The number of nitrogens with zero attached hydrogens (tertiary/aromatic N) is 3. The predicted octanol–water partition coefficient (Wildman–Crippen LogP) is 1.89. The Labute approximate surface area is 102 Å². The van der Waals surface area contributed by atoms with E-state index in [0.29, 0.717) is 0 Å². The molecule has 5 nitrogen and oxygen atoms in total. The van der Waals surface area contributed by atoms with Crippen molar-refractivity contribution in [2.45, 2.75) is 0 Å². The zero-order valence-corrected chi connectivity index (χ0v) is 10.0. The van der Waals surface area contributed by atoms with Crippen LogP contribution in [0.4, 0.5) is 0 Å². The van der Waals surface area contributed by atoms with Crippen LogP contribution in [0, 0.1) is 11.3 Å². The fourth-order valence-corrected chi connectivity index (χ4v) is 1.36. The lowest BCUT2D eigenvalue weighted by atomic mass is 10.2. The van der Waals surface area contributed by atoms with Crippen molar-refractivity contribution in [3.63, 3.8) is 0 Å². The van der Waals surface area contributed by atoms with Crippen LogP contribution >= 0.6 is 23.2 Å². The Morgan fingerprint density at radius 1 is 1.62 bits per heavy atom. The summed E-state index contributed by atoms with van der Waals surface area (Å²) in [6.45, 7) is 0. The molecular weight excluding hydrogens is 253 g/mol. The Kier molecular flexibility index (Phi) is 4.07. The second-order valence-corrected chi connectivity index (χ2v) is 3.52. The molecule has 1 amide bonds. The standard InChI is InChI=1S/C9H7Cl2N3O2/c1-14(16-2)9(15)5-3-6(10)7(4-12)13-8(5)11/h3H,1-2H3. The lowest BCUT2D eigenvalue weighted by molar-refractivity contribution is -0.0757. The van der Waals surface area contributed by atoms with Crippen molar-refractivity contribution in [3.05, 3.63) is 27.5 Å². The summed E-state index contributed by atoms with van der Waals surface area (Å²) in [7, 11) is 2.76. The second-order valence-electron chi connectivity index (χ2n) is 2.75. The number of aromatic nitrogens is 1. The lowest BCUT2D eigenvalue weighted by Crippen LogP contribution is -2.26. The first kappa shape index (κ1) is 12.7. The zero-order chi connectivity index (χ0) is 12.3. The van der Waals surface area contributed by atoms with Gasteiger partial charge in [-0.15, -0.1) is 0 Å². The number of amides is 1. The number of carbonyl (C=O) groups is 1. The van der Waals surface area contributed by atoms with Crippen molar-refractivity contribution >= 4 is 29.1 Å². The minimum atomic E-state index is -0.494. The maximum atomic E-state index is 11.7. The topological polar surface area (TPSA) is 66.2 Å². The van der Waals surface area contributed by atoms with Gasteiger partial charge in [0.05, 0.1) is 17.7 Å². The lowest BCUT2D eigenvalue weighted by Gasteiger charge is -2.14. The van der Waals surface area contributed by atoms with Crippen LogP contribution in [-0.2, 0) is 4.84 Å². The fraction of sp³-hybridized carbons (Fsp3) is 0.222. The number of rotatable bonds is 2. The maximum Gasteiger partial charge on any atom is 0.280 e. The molecule has 0 unspecified atom stereocenters. The van der Waals surface area contributed by atoms with E-state index in [1.165, 1.54) is 20.2 Å². The molecule has 0 atom stereocenters. The van der Waals surface area contributed by atoms with E-state index in [1.807, 2.05) is 0 Å². The summed E-state index contributed by atoms with van der Waals surface area (Å²) in [5.41, 5.74) is 0.0540. The molecule has 84 valence electrons. The predicted molar refractivity (Wildman–Crippen MR) is 58.1 cm³/mol. The van der Waals surface area contributed by atoms with E-state index < -0.39 is 5.91 Å². The van der Waals surface area contributed by atoms with Crippen LogP contribution in [0.5, 0.6) is 0 Å². The molecule has 0 aliphatic heterocycles. The first-order valence-electron chi connectivity index (χ1n) is 4.09. The molecule has 0 radical (unpaired) electrons. The van der Waals surface area contributed by atoms with Crippen LogP contribution < -0.4 is 0 Å². The maximum absolute atomic E-state index is 11.7. The Balaban J connectivity index is 3.22. The van der Waals surface area contributed by atoms with Crippen LogP contribution in [0.1, 0.15) is 16.1 Å². The summed E-state index contributed by atoms with van der Waals surface area (Å²) in [5, 5.41) is 9.61. The highest BCUT2D eigenvalue weighted by Crippen LogP contribution is 2.22. The van der Waals surface area contributed by atoms with Crippen molar-refractivity contribution in [1.82, 2.24) is 10.0 Å². The van der Waals surface area contributed by atoms with Crippen LogP contribution in [0.15, 0.2) is 6.07 Å². The number of nitriles is 1. The molecule has 1 heterocycles. The summed E-state index contributed by atoms with van der Waals surface area (Å²) in [5.74, 6) is -0.494. The van der Waals surface area contributed by atoms with Crippen LogP contribution in [-0.4, -0.2) is 30.1 Å². The average Bonchev–Trinajstić information content (AvgIpc) is 2.29. The summed E-state index contributed by atoms with van der Waals surface area (Å²) in [6.07, 6.45) is 0. The molecule has 0 aromatic carbocycles. The molecule has 0 bridgehead atoms. The highest BCUT2D eigenvalue weighted by atomic mass is 35.5. The molecule has 0 saturated heterocycles. The normalized spacial score (nSPS) is 9.69. The average molecular weight is 260 g/mol. The van der Waals surface area contributed by atoms with Gasteiger partial charge in [-0.3, -0.25) is 9.63 Å². The van der Waals surface area contributed by atoms with Crippen molar-refractivity contribution in [1.29, 1.82) is 5.26 Å². The van der Waals surface area contributed by atoms with E-state index in [1.54, 1.807) is 6.07 Å². The van der Waals surface area contributed by atoms with Gasteiger partial charge in [-0.2, -0.15) is 5.26 Å². The largest absolute Gasteiger partial charge is 0.280 e. The second kappa shape index (κ2) is 5.12. The molecular formula is C9H7Cl2N3O2. The van der Waals surface area contributed by atoms with Gasteiger partial charge in [0.2, 0.25) is 0 Å². The molecule has 0 fully saturated rings. The van der Waals surface area contributed by atoms with E-state index in [-0.39, 0.29) is 21.4 Å². The molecule has 0 saturated carbocycles. The first-order valence-corrected chi connectivity index (χ1v) is 4.85. The Bertz CT molecular complexity index is 471. The molecule has 7 heteroatoms. The van der Waals surface area contributed by atoms with Gasteiger partial charge in [0.15, 0.2) is 5.69 Å². The van der Waals surface area contributed by atoms with Crippen molar-refractivity contribution in [2.24, 2.45) is 0 Å². The third-order valence-corrected chi connectivity index (χ3v) is 2.40. The van der Waals surface area contributed by atoms with Crippen molar-refractivity contribution < 1.29 is 9.63 Å². The van der Waals surface area contributed by atoms with Gasteiger partial charge in [-0.05, 0) is 6.07 Å². The number of hydroxylamine groups is 2. The van der Waals surface area contributed by atoms with Gasteiger partial charge >= 0.3 is 0 Å². The fourth-order valence-electron chi connectivity index (χ4n) is 0.947. The number of halogens is 2. The smallest absolute Gasteiger partial charge is 0.274 e. The number of hydrogen-bond acceptors (Lipinski definition) is 4. The zero-order valence-electron chi connectivity index (χ0n) is 8.49. The quantitative estimate of drug-likeness (QED) is 0.601. The number of pyridine rings is 1. The van der Waals surface area contributed by atoms with Crippen LogP contribution in [0.25, 0.3) is 0 Å². The Morgan fingerprint density at radius 3 is 2.75 bits per heavy atom. The van der Waals surface area contributed by atoms with Gasteiger partial charge in [0, 0.05) is 7.05 Å². The third kappa shape index (κ3) is 2.42. The van der Waals surface area contributed by atoms with Gasteiger partial charge < -0.3 is 0 Å². The minimum absolute atomic E-state index is 0.0247. The van der Waals surface area contributed by atoms with E-state index in [0.717, 1.165) is 5.06 Å². The highest BCUT2D eigenvalue weighted by molar-refractivity contribution is 6.35. The van der Waals surface area contributed by atoms with Gasteiger partial charge in [-0.25, -0.2) is 10.0 Å². The minimum Gasteiger partial charge on any atom is -0.274 e. The molecule has 0 N–H and O–H groups in total. The molecule has 1 rings (SSSR count). The Hall–Kier alpha value is -1.35. The molecule has 0 aliphatic rings. The van der Waals surface area contributed by atoms with E-state index in [4.69, 9.17) is 33.3 Å². The van der Waals surface area contributed by atoms with Gasteiger partial charge in [0.25, 0.3) is 5.91 Å². The van der Waals surface area contributed by atoms with Gasteiger partial charge in [0.1, 0.15) is 11.2 Å². The Morgan fingerprint density at radius 2 is 2.25 bits per heavy atom. The first-order chi connectivity index (χ1) is 7.51. The molecule has 1 aromatic rings. The van der Waals surface area contributed by atoms with Crippen molar-refractivity contribution in [3.8, 4) is 6.07 Å². The third-order valence-electron chi connectivity index (χ3n) is 1.83.